The third kappa shape index (κ3) is 3.93. The molecule has 3 aromatic rings. The Morgan fingerprint density at radius 2 is 1.52 bits per heavy atom. The highest BCUT2D eigenvalue weighted by Gasteiger charge is 2.33. The fourth-order valence-corrected chi connectivity index (χ4v) is 4.21. The molecule has 3 nitrogen and oxygen atoms in total. The van der Waals surface area contributed by atoms with Crippen molar-refractivity contribution in [2.75, 3.05) is 4.90 Å². The molecule has 1 amide bonds. The number of rotatable bonds is 3. The van der Waals surface area contributed by atoms with Crippen LogP contribution in [0.25, 0.3) is 0 Å². The smallest absolute Gasteiger partial charge is 0.234 e. The van der Waals surface area contributed by atoms with Crippen molar-refractivity contribution in [1.29, 1.82) is 0 Å². The van der Waals surface area contributed by atoms with E-state index in [1.807, 2.05) is 60.7 Å². The number of aliphatic imine (C=N–C) groups is 1. The summed E-state index contributed by atoms with van der Waals surface area (Å²) >= 11 is 1.52. The minimum absolute atomic E-state index is 0.0241. The SMILES string of the molecule is O=C1CC(c2ccc(F)cc2)SC(=Nc2ccccc2)N1c1ccccc1. The fourth-order valence-electron chi connectivity index (χ4n) is 2.96. The normalized spacial score (nSPS) is 18.7. The minimum atomic E-state index is -0.282. The Hall–Kier alpha value is -2.92. The molecule has 0 aromatic heterocycles. The van der Waals surface area contributed by atoms with Crippen LogP contribution in [-0.2, 0) is 4.79 Å². The second-order valence-electron chi connectivity index (χ2n) is 6.16. The zero-order valence-electron chi connectivity index (χ0n) is 14.5. The molecule has 1 unspecified atom stereocenters. The Bertz CT molecular complexity index is 959. The van der Waals surface area contributed by atoms with Crippen molar-refractivity contribution < 1.29 is 9.18 Å². The number of hydrogen-bond acceptors (Lipinski definition) is 3. The molecule has 27 heavy (non-hydrogen) atoms. The summed E-state index contributed by atoms with van der Waals surface area (Å²) in [5.41, 5.74) is 2.50. The number of benzene rings is 3. The number of para-hydroxylation sites is 2. The number of amidine groups is 1. The highest BCUT2D eigenvalue weighted by Crippen LogP contribution is 2.41. The second kappa shape index (κ2) is 7.76. The van der Waals surface area contributed by atoms with Crippen LogP contribution in [0, 0.1) is 5.82 Å². The average Bonchev–Trinajstić information content (AvgIpc) is 2.70. The molecule has 1 aliphatic heterocycles. The Kier molecular flexibility index (Phi) is 5.03. The number of halogens is 1. The number of carbonyl (C=O) groups excluding carboxylic acids is 1. The molecule has 1 aliphatic rings. The van der Waals surface area contributed by atoms with Crippen molar-refractivity contribution in [3.63, 3.8) is 0 Å². The lowest BCUT2D eigenvalue weighted by atomic mass is 10.1. The van der Waals surface area contributed by atoms with Gasteiger partial charge in [-0.2, -0.15) is 0 Å². The van der Waals surface area contributed by atoms with Crippen LogP contribution in [0.15, 0.2) is 89.9 Å². The molecule has 0 saturated carbocycles. The molecule has 134 valence electrons. The van der Waals surface area contributed by atoms with Gasteiger partial charge in [-0.05, 0) is 42.0 Å². The van der Waals surface area contributed by atoms with Gasteiger partial charge in [-0.25, -0.2) is 9.38 Å². The lowest BCUT2D eigenvalue weighted by Gasteiger charge is -2.32. The van der Waals surface area contributed by atoms with Crippen molar-refractivity contribution in [3.05, 3.63) is 96.3 Å². The number of amides is 1. The highest BCUT2D eigenvalue weighted by atomic mass is 32.2. The van der Waals surface area contributed by atoms with Gasteiger partial charge in [0.1, 0.15) is 5.82 Å². The lowest BCUT2D eigenvalue weighted by Crippen LogP contribution is -2.40. The number of anilines is 1. The second-order valence-corrected chi connectivity index (χ2v) is 7.33. The predicted octanol–water partition coefficient (Wildman–Crippen LogP) is 5.72. The molecular weight excluding hydrogens is 359 g/mol. The number of nitrogens with zero attached hydrogens (tertiary/aromatic N) is 2. The van der Waals surface area contributed by atoms with E-state index in [0.29, 0.717) is 11.6 Å². The predicted molar refractivity (Wildman–Crippen MR) is 109 cm³/mol. The van der Waals surface area contributed by atoms with Crippen molar-refractivity contribution in [2.24, 2.45) is 4.99 Å². The van der Waals surface area contributed by atoms with E-state index in [1.165, 1.54) is 23.9 Å². The Balaban J connectivity index is 1.73. The van der Waals surface area contributed by atoms with Crippen molar-refractivity contribution in [1.82, 2.24) is 0 Å². The molecule has 1 fully saturated rings. The maximum absolute atomic E-state index is 13.3. The molecule has 4 rings (SSSR count). The summed E-state index contributed by atoms with van der Waals surface area (Å²) in [5.74, 6) is -0.307. The van der Waals surface area contributed by atoms with Gasteiger partial charge in [-0.15, -0.1) is 0 Å². The van der Waals surface area contributed by atoms with Crippen LogP contribution in [0.3, 0.4) is 0 Å². The van der Waals surface area contributed by atoms with E-state index in [-0.39, 0.29) is 17.0 Å². The van der Waals surface area contributed by atoms with Gasteiger partial charge in [0.25, 0.3) is 0 Å². The summed E-state index contributed by atoms with van der Waals surface area (Å²) < 4.78 is 13.3. The van der Waals surface area contributed by atoms with Crippen molar-refractivity contribution in [3.8, 4) is 0 Å². The average molecular weight is 376 g/mol. The van der Waals surface area contributed by atoms with Crippen LogP contribution in [-0.4, -0.2) is 11.1 Å². The molecule has 0 bridgehead atoms. The van der Waals surface area contributed by atoms with Gasteiger partial charge in [-0.1, -0.05) is 60.3 Å². The minimum Gasteiger partial charge on any atom is -0.274 e. The van der Waals surface area contributed by atoms with Crippen LogP contribution in [0.4, 0.5) is 15.8 Å². The summed E-state index contributed by atoms with van der Waals surface area (Å²) in [6.07, 6.45) is 0.332. The lowest BCUT2D eigenvalue weighted by molar-refractivity contribution is -0.117. The summed E-state index contributed by atoms with van der Waals surface area (Å²) in [7, 11) is 0. The van der Waals surface area contributed by atoms with E-state index in [4.69, 9.17) is 4.99 Å². The quantitative estimate of drug-likeness (QED) is 0.585. The van der Waals surface area contributed by atoms with E-state index in [2.05, 4.69) is 0 Å². The Morgan fingerprint density at radius 1 is 0.889 bits per heavy atom. The van der Waals surface area contributed by atoms with Crippen molar-refractivity contribution in [2.45, 2.75) is 11.7 Å². The first kappa shape index (κ1) is 17.5. The van der Waals surface area contributed by atoms with Gasteiger partial charge in [0.2, 0.25) is 5.91 Å². The maximum atomic E-state index is 13.3. The fraction of sp³-hybridized carbons (Fsp3) is 0.0909. The molecule has 1 atom stereocenters. The third-order valence-corrected chi connectivity index (χ3v) is 5.49. The van der Waals surface area contributed by atoms with Crippen LogP contribution in [0.2, 0.25) is 0 Å². The maximum Gasteiger partial charge on any atom is 0.234 e. The van der Waals surface area contributed by atoms with Gasteiger partial charge in [0.15, 0.2) is 5.17 Å². The summed E-state index contributed by atoms with van der Waals surface area (Å²) in [6, 6.07) is 25.4. The van der Waals surface area contributed by atoms with E-state index >= 15 is 0 Å². The molecule has 3 aromatic carbocycles. The Labute approximate surface area is 161 Å². The van der Waals surface area contributed by atoms with Gasteiger partial charge in [0.05, 0.1) is 11.4 Å². The first-order chi connectivity index (χ1) is 13.2. The summed E-state index contributed by atoms with van der Waals surface area (Å²) in [5, 5.41) is 0.526. The van der Waals surface area contributed by atoms with Crippen LogP contribution in [0.5, 0.6) is 0 Å². The first-order valence-corrected chi connectivity index (χ1v) is 9.52. The van der Waals surface area contributed by atoms with Crippen LogP contribution in [0.1, 0.15) is 17.2 Å². The molecule has 0 spiro atoms. The van der Waals surface area contributed by atoms with E-state index < -0.39 is 0 Å². The van der Waals surface area contributed by atoms with E-state index in [0.717, 1.165) is 16.9 Å². The zero-order chi connectivity index (χ0) is 18.6. The highest BCUT2D eigenvalue weighted by molar-refractivity contribution is 8.14. The molecule has 0 radical (unpaired) electrons. The third-order valence-electron chi connectivity index (χ3n) is 4.29. The molecule has 0 aliphatic carbocycles. The zero-order valence-corrected chi connectivity index (χ0v) is 15.3. The molecule has 0 N–H and O–H groups in total. The van der Waals surface area contributed by atoms with E-state index in [1.54, 1.807) is 17.0 Å². The largest absolute Gasteiger partial charge is 0.274 e. The van der Waals surface area contributed by atoms with Gasteiger partial charge >= 0.3 is 0 Å². The van der Waals surface area contributed by atoms with Gasteiger partial charge in [0, 0.05) is 11.7 Å². The van der Waals surface area contributed by atoms with E-state index in [9.17, 15) is 9.18 Å². The van der Waals surface area contributed by atoms with Gasteiger partial charge < -0.3 is 0 Å². The topological polar surface area (TPSA) is 32.7 Å². The number of hydrogen-bond donors (Lipinski definition) is 0. The first-order valence-electron chi connectivity index (χ1n) is 8.64. The molecule has 1 heterocycles. The van der Waals surface area contributed by atoms with Crippen molar-refractivity contribution >= 4 is 34.2 Å². The van der Waals surface area contributed by atoms with Gasteiger partial charge in [-0.3, -0.25) is 9.69 Å². The number of carbonyl (C=O) groups is 1. The standard InChI is InChI=1S/C22H17FN2OS/c23-17-13-11-16(12-14-17)20-15-21(26)25(19-9-5-2-6-10-19)22(27-20)24-18-7-3-1-4-8-18/h1-14,20H,15H2. The summed E-state index contributed by atoms with van der Waals surface area (Å²) in [4.78, 5) is 19.4. The van der Waals surface area contributed by atoms with Crippen LogP contribution >= 0.6 is 11.8 Å². The monoisotopic (exact) mass is 376 g/mol. The summed E-state index contributed by atoms with van der Waals surface area (Å²) in [6.45, 7) is 0. The molecular formula is C22H17FN2OS. The molecule has 5 heteroatoms. The molecule has 1 saturated heterocycles. The Morgan fingerprint density at radius 3 is 2.19 bits per heavy atom. The number of thioether (sulfide) groups is 1. The van der Waals surface area contributed by atoms with Crippen LogP contribution < -0.4 is 4.90 Å².